The molecule has 4 N–H and O–H groups in total. The summed E-state index contributed by atoms with van der Waals surface area (Å²) in [7, 11) is -3.70. The summed E-state index contributed by atoms with van der Waals surface area (Å²) < 4.78 is 27.0. The zero-order valence-electron chi connectivity index (χ0n) is 12.7. The maximum atomic E-state index is 11.3. The first kappa shape index (κ1) is 18.2. The molecule has 0 aliphatic carbocycles. The second-order valence-electron chi connectivity index (χ2n) is 5.36. The largest absolute Gasteiger partial charge is 0.396 e. The van der Waals surface area contributed by atoms with E-state index in [1.54, 1.807) is 30.3 Å². The molecule has 25 heavy (non-hydrogen) atoms. The van der Waals surface area contributed by atoms with Crippen molar-refractivity contribution in [3.8, 4) is 11.3 Å². The normalized spacial score (nSPS) is 11.6. The van der Waals surface area contributed by atoms with E-state index < -0.39 is 10.0 Å². The summed E-state index contributed by atoms with van der Waals surface area (Å²) in [5.41, 5.74) is 9.01. The highest BCUT2D eigenvalue weighted by atomic mass is 35.5. The van der Waals surface area contributed by atoms with Gasteiger partial charge in [0.05, 0.1) is 20.5 Å². The summed E-state index contributed by atoms with van der Waals surface area (Å²) in [4.78, 5) is 0.937. The second kappa shape index (κ2) is 6.93. The molecule has 0 unspecified atom stereocenters. The Kier molecular flexibility index (Phi) is 5.04. The van der Waals surface area contributed by atoms with Crippen molar-refractivity contribution in [2.75, 3.05) is 5.73 Å². The first-order chi connectivity index (χ1) is 11.8. The van der Waals surface area contributed by atoms with Gasteiger partial charge in [-0.3, -0.25) is 0 Å². The van der Waals surface area contributed by atoms with Gasteiger partial charge in [0.15, 0.2) is 0 Å². The SMILES string of the molecule is Nc1c(-c2ccc(Cl)cc2Cl)nsc1Cc1ccc(S(N)(=O)=O)cc1. The van der Waals surface area contributed by atoms with Crippen LogP contribution in [-0.2, 0) is 16.4 Å². The van der Waals surface area contributed by atoms with Crippen LogP contribution in [0, 0.1) is 0 Å². The van der Waals surface area contributed by atoms with Crippen LogP contribution in [0.25, 0.3) is 11.3 Å². The second-order valence-corrected chi connectivity index (χ2v) is 8.62. The third-order valence-electron chi connectivity index (χ3n) is 3.61. The van der Waals surface area contributed by atoms with Crippen molar-refractivity contribution >= 4 is 50.4 Å². The van der Waals surface area contributed by atoms with Crippen LogP contribution in [0.1, 0.15) is 10.4 Å². The number of sulfonamides is 1. The van der Waals surface area contributed by atoms with Crippen molar-refractivity contribution < 1.29 is 8.42 Å². The Morgan fingerprint density at radius 3 is 2.36 bits per heavy atom. The molecule has 3 aromatic rings. The highest BCUT2D eigenvalue weighted by molar-refractivity contribution is 7.89. The zero-order chi connectivity index (χ0) is 18.2. The number of rotatable bonds is 4. The molecule has 0 aliphatic rings. The fraction of sp³-hybridized carbons (Fsp3) is 0.0625. The topological polar surface area (TPSA) is 99.1 Å². The van der Waals surface area contributed by atoms with E-state index in [0.29, 0.717) is 27.8 Å². The molecular weight excluding hydrogens is 401 g/mol. The summed E-state index contributed by atoms with van der Waals surface area (Å²) in [6.07, 6.45) is 0.527. The number of aromatic nitrogens is 1. The Morgan fingerprint density at radius 2 is 1.76 bits per heavy atom. The molecule has 0 spiro atoms. The third-order valence-corrected chi connectivity index (χ3v) is 5.94. The van der Waals surface area contributed by atoms with Crippen molar-refractivity contribution in [2.24, 2.45) is 5.14 Å². The average Bonchev–Trinajstić information content (AvgIpc) is 2.88. The maximum Gasteiger partial charge on any atom is 0.238 e. The molecule has 0 saturated carbocycles. The summed E-state index contributed by atoms with van der Waals surface area (Å²) in [6.45, 7) is 0. The minimum atomic E-state index is -3.70. The fourth-order valence-corrected chi connectivity index (χ4v) is 4.15. The third kappa shape index (κ3) is 3.96. The number of anilines is 1. The van der Waals surface area contributed by atoms with Gasteiger partial charge in [-0.05, 0) is 47.4 Å². The molecule has 0 aliphatic heterocycles. The highest BCUT2D eigenvalue weighted by Crippen LogP contribution is 2.37. The Bertz CT molecular complexity index is 1030. The van der Waals surface area contributed by atoms with Gasteiger partial charge in [0.2, 0.25) is 10.0 Å². The Morgan fingerprint density at radius 1 is 1.08 bits per heavy atom. The van der Waals surface area contributed by atoms with Crippen molar-refractivity contribution in [2.45, 2.75) is 11.3 Å². The minimum absolute atomic E-state index is 0.0714. The molecule has 1 heterocycles. The van der Waals surface area contributed by atoms with Gasteiger partial charge in [0.1, 0.15) is 5.69 Å². The van der Waals surface area contributed by atoms with E-state index in [2.05, 4.69) is 4.37 Å². The zero-order valence-corrected chi connectivity index (χ0v) is 15.9. The highest BCUT2D eigenvalue weighted by Gasteiger charge is 2.16. The van der Waals surface area contributed by atoms with Crippen LogP contribution in [-0.4, -0.2) is 12.8 Å². The fourth-order valence-electron chi connectivity index (χ4n) is 2.32. The lowest BCUT2D eigenvalue weighted by molar-refractivity contribution is 0.598. The van der Waals surface area contributed by atoms with Gasteiger partial charge in [-0.25, -0.2) is 13.6 Å². The molecule has 0 fully saturated rings. The quantitative estimate of drug-likeness (QED) is 0.676. The van der Waals surface area contributed by atoms with Crippen LogP contribution in [0.5, 0.6) is 0 Å². The lowest BCUT2D eigenvalue weighted by Crippen LogP contribution is -2.11. The van der Waals surface area contributed by atoms with Gasteiger partial charge in [0, 0.05) is 17.0 Å². The molecule has 0 amide bonds. The molecule has 5 nitrogen and oxygen atoms in total. The van der Waals surface area contributed by atoms with Gasteiger partial charge in [-0.2, -0.15) is 4.37 Å². The van der Waals surface area contributed by atoms with Crippen LogP contribution < -0.4 is 10.9 Å². The van der Waals surface area contributed by atoms with Crippen LogP contribution in [0.2, 0.25) is 10.0 Å². The number of nitrogens with zero attached hydrogens (tertiary/aromatic N) is 1. The standard InChI is InChI=1S/C16H13Cl2N3O2S2/c17-10-3-6-12(13(18)8-10)16-15(19)14(24-21-16)7-9-1-4-11(5-2-9)25(20,22)23/h1-6,8H,7,19H2,(H2,20,22,23). The number of hydrogen-bond donors (Lipinski definition) is 2. The predicted octanol–water partition coefficient (Wildman–Crippen LogP) is 3.94. The number of nitrogen functional groups attached to an aromatic ring is 1. The molecular formula is C16H13Cl2N3O2S2. The monoisotopic (exact) mass is 413 g/mol. The van der Waals surface area contributed by atoms with Crippen molar-refractivity contribution in [3.63, 3.8) is 0 Å². The smallest absolute Gasteiger partial charge is 0.238 e. The summed E-state index contributed by atoms with van der Waals surface area (Å²) in [5, 5.41) is 6.12. The molecule has 9 heteroatoms. The number of primary sulfonamides is 1. The van der Waals surface area contributed by atoms with E-state index >= 15 is 0 Å². The van der Waals surface area contributed by atoms with E-state index in [4.69, 9.17) is 34.1 Å². The van der Waals surface area contributed by atoms with Crippen molar-refractivity contribution in [1.29, 1.82) is 0 Å². The van der Waals surface area contributed by atoms with E-state index in [1.165, 1.54) is 23.7 Å². The van der Waals surface area contributed by atoms with Crippen LogP contribution >= 0.6 is 34.7 Å². The summed E-state index contributed by atoms with van der Waals surface area (Å²) in [5.74, 6) is 0. The summed E-state index contributed by atoms with van der Waals surface area (Å²) >= 11 is 13.4. The molecule has 130 valence electrons. The Hall–Kier alpha value is -1.64. The molecule has 1 aromatic heterocycles. The van der Waals surface area contributed by atoms with Crippen molar-refractivity contribution in [3.05, 3.63) is 63.0 Å². The van der Waals surface area contributed by atoms with Gasteiger partial charge < -0.3 is 5.73 Å². The first-order valence-corrected chi connectivity index (χ1v) is 10.1. The number of hydrogen-bond acceptors (Lipinski definition) is 5. The molecule has 0 atom stereocenters. The predicted molar refractivity (Wildman–Crippen MR) is 103 cm³/mol. The first-order valence-electron chi connectivity index (χ1n) is 7.07. The average molecular weight is 414 g/mol. The molecule has 3 rings (SSSR count). The van der Waals surface area contributed by atoms with E-state index in [0.717, 1.165) is 16.0 Å². The van der Waals surface area contributed by atoms with Crippen LogP contribution in [0.15, 0.2) is 47.4 Å². The van der Waals surface area contributed by atoms with Gasteiger partial charge in [0.25, 0.3) is 0 Å². The molecule has 0 radical (unpaired) electrons. The van der Waals surface area contributed by atoms with Crippen LogP contribution in [0.3, 0.4) is 0 Å². The van der Waals surface area contributed by atoms with Crippen LogP contribution in [0.4, 0.5) is 5.69 Å². The molecule has 0 saturated heterocycles. The van der Waals surface area contributed by atoms with E-state index in [1.807, 2.05) is 0 Å². The van der Waals surface area contributed by atoms with E-state index in [-0.39, 0.29) is 4.90 Å². The number of benzene rings is 2. The number of halogens is 2. The number of nitrogens with two attached hydrogens (primary N) is 2. The van der Waals surface area contributed by atoms with Gasteiger partial charge in [-0.15, -0.1) is 0 Å². The molecule has 2 aromatic carbocycles. The molecule has 0 bridgehead atoms. The lowest BCUT2D eigenvalue weighted by Gasteiger charge is -2.05. The Balaban J connectivity index is 1.89. The Labute approximate surface area is 159 Å². The van der Waals surface area contributed by atoms with Gasteiger partial charge in [-0.1, -0.05) is 35.3 Å². The van der Waals surface area contributed by atoms with Gasteiger partial charge >= 0.3 is 0 Å². The lowest BCUT2D eigenvalue weighted by atomic mass is 10.1. The maximum absolute atomic E-state index is 11.3. The minimum Gasteiger partial charge on any atom is -0.396 e. The van der Waals surface area contributed by atoms with Crippen molar-refractivity contribution in [1.82, 2.24) is 4.37 Å². The van der Waals surface area contributed by atoms with E-state index in [9.17, 15) is 8.42 Å². The summed E-state index contributed by atoms with van der Waals surface area (Å²) in [6, 6.07) is 11.5.